The van der Waals surface area contributed by atoms with Gasteiger partial charge in [-0.25, -0.2) is 9.13 Å². The molecule has 0 aromatic rings. The van der Waals surface area contributed by atoms with Gasteiger partial charge < -0.3 is 33.8 Å². The Morgan fingerprint density at radius 2 is 0.488 bits per heavy atom. The number of phosphoric acid groups is 2. The van der Waals surface area contributed by atoms with E-state index in [0.29, 0.717) is 37.5 Å². The summed E-state index contributed by atoms with van der Waals surface area (Å²) in [4.78, 5) is 72.3. The van der Waals surface area contributed by atoms with Gasteiger partial charge in [0.2, 0.25) is 0 Å². The minimum Gasteiger partial charge on any atom is -0.462 e. The number of hydrogen-bond donors (Lipinski definition) is 3. The molecule has 0 saturated heterocycles. The van der Waals surface area contributed by atoms with Gasteiger partial charge >= 0.3 is 39.5 Å². The molecule has 0 aromatic carbocycles. The van der Waals surface area contributed by atoms with Crippen LogP contribution in [0, 0.1) is 23.7 Å². The summed E-state index contributed by atoms with van der Waals surface area (Å²) in [6.07, 6.45) is 37.9. The molecule has 2 unspecified atom stereocenters. The zero-order valence-electron chi connectivity index (χ0n) is 55.9. The van der Waals surface area contributed by atoms with Crippen LogP contribution in [0.1, 0.15) is 325 Å². The normalized spacial score (nSPS) is 14.4. The molecule has 5 atom stereocenters. The Labute approximate surface area is 524 Å². The standard InChI is InChI=1S/C67H130O17P2/c1-57(2)43-35-27-19-15-11-9-10-12-18-22-33-41-49-66(71)83-62(54-78-65(70)48-40-32-25-23-29-37-45-59(5)6)55-81-85(73,74)79-51-61(68)52-80-86(75,76)82-56-63(84-67(72)50-42-34-26-24-30-38-46-60(7)8)53-77-64(69)47-39-31-21-17-14-13-16-20-28-36-44-58(3)4/h57-63,68H,9-56H2,1-8H3,(H,73,74)(H,75,76)/t61-,62+,63+/m0/s1. The molecule has 17 nitrogen and oxygen atoms in total. The number of phosphoric ester groups is 2. The van der Waals surface area contributed by atoms with E-state index in [0.717, 1.165) is 108 Å². The molecule has 0 aliphatic heterocycles. The quantitative estimate of drug-likeness (QED) is 0.0222. The summed E-state index contributed by atoms with van der Waals surface area (Å²) in [5.74, 6) is 0.745. The molecule has 86 heavy (non-hydrogen) atoms. The van der Waals surface area contributed by atoms with Gasteiger partial charge in [0.15, 0.2) is 12.2 Å². The third-order valence-corrected chi connectivity index (χ3v) is 17.2. The lowest BCUT2D eigenvalue weighted by Crippen LogP contribution is -2.30. The zero-order chi connectivity index (χ0) is 63.9. The van der Waals surface area contributed by atoms with Crippen LogP contribution in [0.5, 0.6) is 0 Å². The minimum atomic E-state index is -4.95. The van der Waals surface area contributed by atoms with E-state index in [-0.39, 0.29) is 25.7 Å². The predicted octanol–water partition coefficient (Wildman–Crippen LogP) is 18.5. The van der Waals surface area contributed by atoms with E-state index in [2.05, 4.69) is 55.4 Å². The van der Waals surface area contributed by atoms with Crippen LogP contribution < -0.4 is 0 Å². The van der Waals surface area contributed by atoms with Crippen molar-refractivity contribution in [3.05, 3.63) is 0 Å². The molecule has 0 aliphatic rings. The molecule has 510 valence electrons. The van der Waals surface area contributed by atoms with Crippen LogP contribution in [0.2, 0.25) is 0 Å². The molecular weight excluding hydrogens is 1140 g/mol. The fourth-order valence-corrected chi connectivity index (χ4v) is 11.5. The molecule has 0 spiro atoms. The van der Waals surface area contributed by atoms with Crippen LogP contribution in [-0.2, 0) is 65.4 Å². The van der Waals surface area contributed by atoms with Gasteiger partial charge in [-0.3, -0.25) is 37.3 Å². The lowest BCUT2D eigenvalue weighted by atomic mass is 10.0. The van der Waals surface area contributed by atoms with Crippen molar-refractivity contribution in [1.29, 1.82) is 0 Å². The third-order valence-electron chi connectivity index (χ3n) is 15.3. The molecule has 0 bridgehead atoms. The lowest BCUT2D eigenvalue weighted by Gasteiger charge is -2.21. The van der Waals surface area contributed by atoms with Crippen molar-refractivity contribution in [2.75, 3.05) is 39.6 Å². The van der Waals surface area contributed by atoms with Crippen LogP contribution >= 0.6 is 15.6 Å². The number of hydrogen-bond acceptors (Lipinski definition) is 15. The molecule has 19 heteroatoms. The monoisotopic (exact) mass is 1270 g/mol. The summed E-state index contributed by atoms with van der Waals surface area (Å²) in [5, 5.41) is 10.6. The minimum absolute atomic E-state index is 0.101. The van der Waals surface area contributed by atoms with Crippen molar-refractivity contribution in [3.63, 3.8) is 0 Å². The highest BCUT2D eigenvalue weighted by Crippen LogP contribution is 2.45. The van der Waals surface area contributed by atoms with Gasteiger partial charge in [0, 0.05) is 25.7 Å². The average molecular weight is 1270 g/mol. The van der Waals surface area contributed by atoms with Crippen molar-refractivity contribution < 1.29 is 80.2 Å². The largest absolute Gasteiger partial charge is 0.472 e. The first-order chi connectivity index (χ1) is 41.1. The second-order valence-electron chi connectivity index (χ2n) is 26.1. The lowest BCUT2D eigenvalue weighted by molar-refractivity contribution is -0.161. The number of rotatable bonds is 64. The summed E-state index contributed by atoms with van der Waals surface area (Å²) >= 11 is 0. The SMILES string of the molecule is CC(C)CCCCCCCCCCCCCCC(=O)O[C@H](COC(=O)CCCCCCCCC(C)C)COP(=O)(O)OC[C@H](O)COP(=O)(O)OC[C@@H](COC(=O)CCCCCCCCCCCCC(C)C)OC(=O)CCCCCCCCC(C)C. The van der Waals surface area contributed by atoms with Gasteiger partial charge in [0.05, 0.1) is 26.4 Å². The van der Waals surface area contributed by atoms with Crippen LogP contribution in [0.4, 0.5) is 0 Å². The van der Waals surface area contributed by atoms with E-state index < -0.39 is 97.5 Å². The van der Waals surface area contributed by atoms with E-state index >= 15 is 0 Å². The van der Waals surface area contributed by atoms with E-state index in [4.69, 9.17) is 37.0 Å². The average Bonchev–Trinajstić information content (AvgIpc) is 3.65. The number of aliphatic hydroxyl groups is 1. The van der Waals surface area contributed by atoms with E-state index in [1.807, 2.05) is 0 Å². The van der Waals surface area contributed by atoms with Crippen molar-refractivity contribution in [2.24, 2.45) is 23.7 Å². The van der Waals surface area contributed by atoms with Crippen LogP contribution in [0.25, 0.3) is 0 Å². The summed E-state index contributed by atoms with van der Waals surface area (Å²) in [7, 11) is -9.89. The first-order valence-electron chi connectivity index (χ1n) is 34.7. The van der Waals surface area contributed by atoms with Crippen LogP contribution in [-0.4, -0.2) is 96.7 Å². The number of carbonyl (C=O) groups is 4. The Hall–Kier alpha value is -1.94. The Kier molecular flexibility index (Phi) is 55.7. The summed E-state index contributed by atoms with van der Waals surface area (Å²) in [6, 6.07) is 0. The highest BCUT2D eigenvalue weighted by atomic mass is 31.2. The number of carbonyl (C=O) groups excluding carboxylic acids is 4. The number of ether oxygens (including phenoxy) is 4. The van der Waals surface area contributed by atoms with Crippen molar-refractivity contribution >= 4 is 39.5 Å². The molecule has 0 aliphatic carbocycles. The first-order valence-corrected chi connectivity index (χ1v) is 37.7. The van der Waals surface area contributed by atoms with Gasteiger partial charge in [-0.15, -0.1) is 0 Å². The molecule has 0 radical (unpaired) electrons. The van der Waals surface area contributed by atoms with E-state index in [1.165, 1.54) is 122 Å². The molecule has 0 fully saturated rings. The van der Waals surface area contributed by atoms with Crippen molar-refractivity contribution in [3.8, 4) is 0 Å². The third kappa shape index (κ3) is 60.9. The molecule has 0 rings (SSSR count). The summed E-state index contributed by atoms with van der Waals surface area (Å²) in [6.45, 7) is 14.0. The maximum absolute atomic E-state index is 13.0. The van der Waals surface area contributed by atoms with Gasteiger partial charge in [-0.1, -0.05) is 274 Å². The number of esters is 4. The maximum atomic E-state index is 13.0. The fourth-order valence-electron chi connectivity index (χ4n) is 9.96. The molecular formula is C67H130O17P2. The second-order valence-corrected chi connectivity index (χ2v) is 29.0. The van der Waals surface area contributed by atoms with Crippen LogP contribution in [0.15, 0.2) is 0 Å². The molecule has 0 saturated carbocycles. The smallest absolute Gasteiger partial charge is 0.462 e. The van der Waals surface area contributed by atoms with E-state index in [1.54, 1.807) is 0 Å². The van der Waals surface area contributed by atoms with Gasteiger partial charge in [-0.05, 0) is 49.4 Å². The summed E-state index contributed by atoms with van der Waals surface area (Å²) in [5.41, 5.74) is 0. The highest BCUT2D eigenvalue weighted by molar-refractivity contribution is 7.47. The van der Waals surface area contributed by atoms with E-state index in [9.17, 15) is 43.2 Å². The van der Waals surface area contributed by atoms with Gasteiger partial charge in [0.25, 0.3) is 0 Å². The second kappa shape index (κ2) is 57.0. The fraction of sp³-hybridized carbons (Fsp3) is 0.940. The zero-order valence-corrected chi connectivity index (χ0v) is 57.7. The molecule has 0 amide bonds. The first kappa shape index (κ1) is 84.1. The van der Waals surface area contributed by atoms with Crippen LogP contribution in [0.3, 0.4) is 0 Å². The Morgan fingerprint density at radius 3 is 0.721 bits per heavy atom. The number of aliphatic hydroxyl groups excluding tert-OH is 1. The van der Waals surface area contributed by atoms with Gasteiger partial charge in [0.1, 0.15) is 19.3 Å². The highest BCUT2D eigenvalue weighted by Gasteiger charge is 2.30. The molecule has 0 heterocycles. The summed E-state index contributed by atoms with van der Waals surface area (Å²) < 4.78 is 68.1. The molecule has 3 N–H and O–H groups in total. The molecule has 0 aromatic heterocycles. The predicted molar refractivity (Wildman–Crippen MR) is 344 cm³/mol. The van der Waals surface area contributed by atoms with Crippen molar-refractivity contribution in [2.45, 2.75) is 343 Å². The Balaban J connectivity index is 5.21. The number of unbranched alkanes of at least 4 members (excludes halogenated alkanes) is 30. The van der Waals surface area contributed by atoms with Crippen molar-refractivity contribution in [1.82, 2.24) is 0 Å². The van der Waals surface area contributed by atoms with Gasteiger partial charge in [-0.2, -0.15) is 0 Å². The maximum Gasteiger partial charge on any atom is 0.472 e. The Bertz CT molecular complexity index is 1710. The topological polar surface area (TPSA) is 237 Å². The Morgan fingerprint density at radius 1 is 0.291 bits per heavy atom.